The number of carbonyl (C=O) groups excluding carboxylic acids is 2. The third-order valence-corrected chi connectivity index (χ3v) is 5.62. The fourth-order valence-corrected chi connectivity index (χ4v) is 3.77. The SMILES string of the molecule is COc1ccccc1C(=O)Nc1ccc2c(c1)N(CCCCOc1ccc(Cl)cc1)C(=O)CO2. The number of benzene rings is 3. The second kappa shape index (κ2) is 10.9. The van der Waals surface area contributed by atoms with Crippen LogP contribution in [0.5, 0.6) is 17.2 Å². The number of nitrogens with one attached hydrogen (secondary N) is 1. The van der Waals surface area contributed by atoms with E-state index in [1.165, 1.54) is 7.11 Å². The number of rotatable bonds is 9. The molecule has 2 amide bonds. The van der Waals surface area contributed by atoms with Gasteiger partial charge in [-0.15, -0.1) is 0 Å². The molecule has 0 fully saturated rings. The zero-order valence-electron chi connectivity index (χ0n) is 18.8. The Labute approximate surface area is 203 Å². The highest BCUT2D eigenvalue weighted by Crippen LogP contribution is 2.35. The Morgan fingerprint density at radius 1 is 1.09 bits per heavy atom. The van der Waals surface area contributed by atoms with Crippen molar-refractivity contribution in [3.05, 3.63) is 77.3 Å². The summed E-state index contributed by atoms with van der Waals surface area (Å²) in [7, 11) is 1.52. The van der Waals surface area contributed by atoms with Crippen molar-refractivity contribution in [1.29, 1.82) is 0 Å². The van der Waals surface area contributed by atoms with Crippen molar-refractivity contribution in [3.8, 4) is 17.2 Å². The van der Waals surface area contributed by atoms with Crippen molar-refractivity contribution in [2.24, 2.45) is 0 Å². The summed E-state index contributed by atoms with van der Waals surface area (Å²) in [6.45, 7) is 1.03. The molecular weight excluding hydrogens is 456 g/mol. The standard InChI is InChI=1S/C26H25ClN2O5/c1-32-23-7-3-2-6-21(23)26(31)28-19-10-13-24-22(16-19)29(25(30)17-34-24)14-4-5-15-33-20-11-8-18(27)9-12-20/h2-3,6-13,16H,4-5,14-15,17H2,1H3,(H,28,31). The number of fused-ring (bicyclic) bond motifs is 1. The van der Waals surface area contributed by atoms with E-state index >= 15 is 0 Å². The molecule has 0 aliphatic carbocycles. The van der Waals surface area contributed by atoms with Gasteiger partial charge in [-0.05, 0) is 67.4 Å². The average Bonchev–Trinajstić information content (AvgIpc) is 2.86. The van der Waals surface area contributed by atoms with Crippen LogP contribution in [0.1, 0.15) is 23.2 Å². The molecular formula is C26H25ClN2O5. The van der Waals surface area contributed by atoms with E-state index < -0.39 is 0 Å². The van der Waals surface area contributed by atoms with Crippen LogP contribution in [0, 0.1) is 0 Å². The number of nitrogens with zero attached hydrogens (tertiary/aromatic N) is 1. The Balaban J connectivity index is 1.38. The molecule has 3 aromatic rings. The molecule has 7 nitrogen and oxygen atoms in total. The number of halogens is 1. The predicted octanol–water partition coefficient (Wildman–Crippen LogP) is 5.19. The van der Waals surface area contributed by atoms with Gasteiger partial charge in [-0.25, -0.2) is 0 Å². The molecule has 0 saturated heterocycles. The third kappa shape index (κ3) is 5.61. The molecule has 0 bridgehead atoms. The zero-order chi connectivity index (χ0) is 23.9. The van der Waals surface area contributed by atoms with E-state index in [4.69, 9.17) is 25.8 Å². The summed E-state index contributed by atoms with van der Waals surface area (Å²) >= 11 is 5.89. The highest BCUT2D eigenvalue weighted by Gasteiger charge is 2.26. The van der Waals surface area contributed by atoms with Gasteiger partial charge in [-0.3, -0.25) is 9.59 Å². The second-order valence-corrected chi connectivity index (χ2v) is 8.12. The Morgan fingerprint density at radius 2 is 1.88 bits per heavy atom. The Bertz CT molecular complexity index is 1170. The normalized spacial score (nSPS) is 12.5. The second-order valence-electron chi connectivity index (χ2n) is 7.68. The topological polar surface area (TPSA) is 77.1 Å². The third-order valence-electron chi connectivity index (χ3n) is 5.37. The number of anilines is 2. The smallest absolute Gasteiger partial charge is 0.265 e. The van der Waals surface area contributed by atoms with Crippen molar-refractivity contribution in [3.63, 3.8) is 0 Å². The number of hydrogen-bond acceptors (Lipinski definition) is 5. The van der Waals surface area contributed by atoms with E-state index in [0.717, 1.165) is 18.6 Å². The lowest BCUT2D eigenvalue weighted by Gasteiger charge is -2.30. The van der Waals surface area contributed by atoms with Gasteiger partial charge in [0, 0.05) is 17.3 Å². The molecule has 0 atom stereocenters. The van der Waals surface area contributed by atoms with Crippen LogP contribution in [-0.2, 0) is 4.79 Å². The van der Waals surface area contributed by atoms with Gasteiger partial charge in [0.2, 0.25) is 0 Å². The fraction of sp³-hybridized carbons (Fsp3) is 0.231. The van der Waals surface area contributed by atoms with Gasteiger partial charge in [-0.1, -0.05) is 23.7 Å². The summed E-state index contributed by atoms with van der Waals surface area (Å²) in [4.78, 5) is 27.0. The maximum absolute atomic E-state index is 12.8. The van der Waals surface area contributed by atoms with Gasteiger partial charge in [0.1, 0.15) is 17.2 Å². The molecule has 8 heteroatoms. The van der Waals surface area contributed by atoms with E-state index in [9.17, 15) is 9.59 Å². The highest BCUT2D eigenvalue weighted by atomic mass is 35.5. The number of methoxy groups -OCH3 is 1. The van der Waals surface area contributed by atoms with E-state index in [0.29, 0.717) is 46.6 Å². The monoisotopic (exact) mass is 480 g/mol. The van der Waals surface area contributed by atoms with Gasteiger partial charge < -0.3 is 24.4 Å². The average molecular weight is 481 g/mol. The number of carbonyl (C=O) groups is 2. The number of ether oxygens (including phenoxy) is 3. The van der Waals surface area contributed by atoms with Crippen molar-refractivity contribution >= 4 is 34.8 Å². The molecule has 0 saturated carbocycles. The van der Waals surface area contributed by atoms with Crippen LogP contribution in [0.15, 0.2) is 66.7 Å². The summed E-state index contributed by atoms with van der Waals surface area (Å²) in [6.07, 6.45) is 1.52. The summed E-state index contributed by atoms with van der Waals surface area (Å²) in [5.74, 6) is 1.42. The van der Waals surface area contributed by atoms with Crippen molar-refractivity contribution in [1.82, 2.24) is 0 Å². The van der Waals surface area contributed by atoms with Gasteiger partial charge in [0.05, 0.1) is 25.0 Å². The first-order valence-electron chi connectivity index (χ1n) is 10.9. The van der Waals surface area contributed by atoms with E-state index in [-0.39, 0.29) is 18.4 Å². The molecule has 4 rings (SSSR count). The zero-order valence-corrected chi connectivity index (χ0v) is 19.5. The van der Waals surface area contributed by atoms with Gasteiger partial charge in [-0.2, -0.15) is 0 Å². The number of hydrogen-bond donors (Lipinski definition) is 1. The van der Waals surface area contributed by atoms with E-state index in [1.807, 2.05) is 12.1 Å². The predicted molar refractivity (Wildman–Crippen MR) is 131 cm³/mol. The highest BCUT2D eigenvalue weighted by molar-refractivity contribution is 6.30. The lowest BCUT2D eigenvalue weighted by Crippen LogP contribution is -2.39. The summed E-state index contributed by atoms with van der Waals surface area (Å²) < 4.78 is 16.6. The largest absolute Gasteiger partial charge is 0.496 e. The first-order chi connectivity index (χ1) is 16.5. The van der Waals surface area contributed by atoms with Crippen molar-refractivity contribution in [2.75, 3.05) is 37.1 Å². The van der Waals surface area contributed by atoms with Crippen LogP contribution >= 0.6 is 11.6 Å². The molecule has 34 heavy (non-hydrogen) atoms. The molecule has 1 aliphatic rings. The molecule has 1 heterocycles. The van der Waals surface area contributed by atoms with Crippen molar-refractivity contribution in [2.45, 2.75) is 12.8 Å². The van der Waals surface area contributed by atoms with Gasteiger partial charge >= 0.3 is 0 Å². The fourth-order valence-electron chi connectivity index (χ4n) is 3.65. The molecule has 0 unspecified atom stereocenters. The molecule has 0 radical (unpaired) electrons. The molecule has 0 aromatic heterocycles. The minimum absolute atomic E-state index is 0.0127. The minimum Gasteiger partial charge on any atom is -0.496 e. The van der Waals surface area contributed by atoms with Crippen LogP contribution in [0.4, 0.5) is 11.4 Å². The minimum atomic E-state index is -0.300. The van der Waals surface area contributed by atoms with Crippen LogP contribution in [0.25, 0.3) is 0 Å². The first-order valence-corrected chi connectivity index (χ1v) is 11.3. The Kier molecular flexibility index (Phi) is 7.54. The quantitative estimate of drug-likeness (QED) is 0.427. The Hall–Kier alpha value is -3.71. The molecule has 1 aliphatic heterocycles. The van der Waals surface area contributed by atoms with Crippen molar-refractivity contribution < 1.29 is 23.8 Å². The van der Waals surface area contributed by atoms with Gasteiger partial charge in [0.25, 0.3) is 11.8 Å². The summed E-state index contributed by atoms with van der Waals surface area (Å²) in [5, 5.41) is 3.54. The van der Waals surface area contributed by atoms with E-state index in [1.54, 1.807) is 59.5 Å². The molecule has 3 aromatic carbocycles. The number of amides is 2. The van der Waals surface area contributed by atoms with Crippen LogP contribution in [0.3, 0.4) is 0 Å². The number of unbranched alkanes of at least 4 members (excludes halogenated alkanes) is 1. The first kappa shape index (κ1) is 23.4. The summed E-state index contributed by atoms with van der Waals surface area (Å²) in [5.41, 5.74) is 1.62. The van der Waals surface area contributed by atoms with Crippen LogP contribution in [0.2, 0.25) is 5.02 Å². The van der Waals surface area contributed by atoms with Crippen LogP contribution < -0.4 is 24.4 Å². The maximum Gasteiger partial charge on any atom is 0.265 e. The molecule has 176 valence electrons. The number of para-hydroxylation sites is 1. The lowest BCUT2D eigenvalue weighted by molar-refractivity contribution is -0.121. The lowest BCUT2D eigenvalue weighted by atomic mass is 10.1. The summed E-state index contributed by atoms with van der Waals surface area (Å²) in [6, 6.07) is 19.5. The maximum atomic E-state index is 12.8. The Morgan fingerprint density at radius 3 is 2.68 bits per heavy atom. The molecule has 0 spiro atoms. The van der Waals surface area contributed by atoms with Crippen LogP contribution in [-0.4, -0.2) is 38.7 Å². The van der Waals surface area contributed by atoms with Gasteiger partial charge in [0.15, 0.2) is 6.61 Å². The van der Waals surface area contributed by atoms with E-state index in [2.05, 4.69) is 5.32 Å². The molecule has 1 N–H and O–H groups in total.